The zero-order valence-corrected chi connectivity index (χ0v) is 15.7. The van der Waals surface area contributed by atoms with Crippen molar-refractivity contribution in [1.82, 2.24) is 10.3 Å². The number of hydrogen-bond acceptors (Lipinski definition) is 3. The zero-order valence-electron chi connectivity index (χ0n) is 14.9. The Morgan fingerprint density at radius 3 is 2.36 bits per heavy atom. The van der Waals surface area contributed by atoms with Crippen molar-refractivity contribution in [2.75, 3.05) is 38.5 Å². The minimum Gasteiger partial charge on any atom is -0.325 e. The van der Waals surface area contributed by atoms with Crippen LogP contribution in [0.3, 0.4) is 0 Å². The van der Waals surface area contributed by atoms with Crippen LogP contribution in [0.4, 0.5) is 0 Å². The van der Waals surface area contributed by atoms with E-state index in [9.17, 15) is 13.2 Å². The van der Waals surface area contributed by atoms with Gasteiger partial charge in [0.1, 0.15) is 32.7 Å². The summed E-state index contributed by atoms with van der Waals surface area (Å²) in [7, 11) is -3.40. The molecule has 8 heteroatoms. The van der Waals surface area contributed by atoms with Gasteiger partial charge in [0.05, 0.1) is 18.7 Å². The van der Waals surface area contributed by atoms with E-state index in [0.717, 1.165) is 39.3 Å². The predicted octanol–water partition coefficient (Wildman–Crippen LogP) is -2.28. The molecular weight excluding hydrogens is 340 g/mol. The number of piperazine rings is 1. The second-order valence-electron chi connectivity index (χ2n) is 6.63. The lowest BCUT2D eigenvalue weighted by atomic mass is 10.2. The highest BCUT2D eigenvalue weighted by atomic mass is 32.2. The van der Waals surface area contributed by atoms with E-state index < -0.39 is 10.0 Å². The van der Waals surface area contributed by atoms with Gasteiger partial charge in [-0.05, 0) is 6.42 Å². The van der Waals surface area contributed by atoms with E-state index in [4.69, 9.17) is 0 Å². The monoisotopic (exact) mass is 370 g/mol. The molecule has 1 saturated heterocycles. The van der Waals surface area contributed by atoms with E-state index in [-0.39, 0.29) is 11.7 Å². The summed E-state index contributed by atoms with van der Waals surface area (Å²) in [5, 5.41) is 0. The molecule has 0 aromatic heterocycles. The van der Waals surface area contributed by atoms with Crippen LogP contribution in [0, 0.1) is 0 Å². The lowest BCUT2D eigenvalue weighted by Gasteiger charge is -2.29. The topological polar surface area (TPSA) is 84.2 Å². The average molecular weight is 371 g/mol. The Labute approximate surface area is 150 Å². The molecule has 1 aromatic rings. The first-order valence-electron chi connectivity index (χ1n) is 8.98. The number of quaternary nitrogens is 2. The maximum absolute atomic E-state index is 11.8. The van der Waals surface area contributed by atoms with Crippen LogP contribution in [-0.4, -0.2) is 52.8 Å². The Hall–Kier alpha value is -1.48. The first-order chi connectivity index (χ1) is 12.0. The SMILES string of the molecule is CCCS(=O)(=O)NNC(=O)CC[NH+]1CC[NH+](Cc2ccccc2)CC1. The number of hydrogen-bond donors (Lipinski definition) is 4. The van der Waals surface area contributed by atoms with Gasteiger partial charge in [-0.2, -0.15) is 0 Å². The third-order valence-electron chi connectivity index (χ3n) is 4.49. The Bertz CT molecular complexity index is 629. The predicted molar refractivity (Wildman–Crippen MR) is 96.4 cm³/mol. The van der Waals surface area contributed by atoms with Crippen LogP contribution in [0.1, 0.15) is 25.3 Å². The first-order valence-corrected chi connectivity index (χ1v) is 10.6. The second-order valence-corrected chi connectivity index (χ2v) is 8.47. The van der Waals surface area contributed by atoms with Crippen molar-refractivity contribution >= 4 is 15.9 Å². The fourth-order valence-corrected chi connectivity index (χ4v) is 3.98. The molecule has 7 nitrogen and oxygen atoms in total. The molecule has 1 aliphatic heterocycles. The summed E-state index contributed by atoms with van der Waals surface area (Å²) >= 11 is 0. The van der Waals surface area contributed by atoms with Crippen LogP contribution < -0.4 is 20.1 Å². The van der Waals surface area contributed by atoms with E-state index in [1.54, 1.807) is 11.8 Å². The summed E-state index contributed by atoms with van der Waals surface area (Å²) in [6.45, 7) is 7.83. The van der Waals surface area contributed by atoms with Crippen molar-refractivity contribution < 1.29 is 23.0 Å². The Morgan fingerprint density at radius 2 is 1.72 bits per heavy atom. The molecule has 1 heterocycles. The quantitative estimate of drug-likeness (QED) is 0.370. The Morgan fingerprint density at radius 1 is 1.08 bits per heavy atom. The van der Waals surface area contributed by atoms with Crippen molar-refractivity contribution in [3.8, 4) is 0 Å². The Kier molecular flexibility index (Phi) is 7.83. The highest BCUT2D eigenvalue weighted by molar-refractivity contribution is 7.89. The van der Waals surface area contributed by atoms with Crippen LogP contribution in [0.25, 0.3) is 0 Å². The van der Waals surface area contributed by atoms with E-state index >= 15 is 0 Å². The molecule has 0 spiro atoms. The highest BCUT2D eigenvalue weighted by Gasteiger charge is 2.23. The smallest absolute Gasteiger partial charge is 0.240 e. The molecule has 1 aromatic carbocycles. The van der Waals surface area contributed by atoms with Crippen LogP contribution in [-0.2, 0) is 21.4 Å². The minimum absolute atomic E-state index is 0.0185. The molecule has 0 atom stereocenters. The number of sulfonamides is 1. The van der Waals surface area contributed by atoms with Gasteiger partial charge >= 0.3 is 0 Å². The molecule has 1 fully saturated rings. The number of carbonyl (C=O) groups excluding carboxylic acids is 1. The molecule has 2 rings (SSSR count). The summed E-state index contributed by atoms with van der Waals surface area (Å²) in [6, 6.07) is 10.5. The van der Waals surface area contributed by atoms with Gasteiger partial charge in [0.25, 0.3) is 0 Å². The van der Waals surface area contributed by atoms with E-state index in [1.807, 2.05) is 6.07 Å². The third kappa shape index (κ3) is 7.52. The van der Waals surface area contributed by atoms with E-state index in [0.29, 0.717) is 12.8 Å². The summed E-state index contributed by atoms with van der Waals surface area (Å²) in [6.07, 6.45) is 0.850. The number of nitrogens with one attached hydrogen (secondary N) is 4. The van der Waals surface area contributed by atoms with Gasteiger partial charge in [-0.15, -0.1) is 4.83 Å². The summed E-state index contributed by atoms with van der Waals surface area (Å²) in [5.74, 6) is -0.253. The molecular formula is C17H30N4O3S+2. The minimum atomic E-state index is -3.40. The summed E-state index contributed by atoms with van der Waals surface area (Å²) in [4.78, 5) is 16.9. The Balaban J connectivity index is 1.62. The van der Waals surface area contributed by atoms with Crippen molar-refractivity contribution in [1.29, 1.82) is 0 Å². The number of carbonyl (C=O) groups is 1. The molecule has 25 heavy (non-hydrogen) atoms. The molecule has 1 aliphatic rings. The van der Waals surface area contributed by atoms with Crippen molar-refractivity contribution in [3.05, 3.63) is 35.9 Å². The highest BCUT2D eigenvalue weighted by Crippen LogP contribution is 1.95. The summed E-state index contributed by atoms with van der Waals surface area (Å²) < 4.78 is 23.0. The van der Waals surface area contributed by atoms with Crippen molar-refractivity contribution in [2.45, 2.75) is 26.3 Å². The normalized spacial score (nSPS) is 21.0. The molecule has 0 unspecified atom stereocenters. The molecule has 140 valence electrons. The average Bonchev–Trinajstić information content (AvgIpc) is 2.60. The second kappa shape index (κ2) is 9.86. The van der Waals surface area contributed by atoms with Gasteiger partial charge in [-0.1, -0.05) is 37.3 Å². The van der Waals surface area contributed by atoms with Gasteiger partial charge in [-0.3, -0.25) is 10.2 Å². The van der Waals surface area contributed by atoms with E-state index in [2.05, 4.69) is 34.5 Å². The van der Waals surface area contributed by atoms with Crippen LogP contribution in [0.2, 0.25) is 0 Å². The van der Waals surface area contributed by atoms with Gasteiger partial charge in [-0.25, -0.2) is 8.42 Å². The molecule has 0 saturated carbocycles. The fraction of sp³-hybridized carbons (Fsp3) is 0.588. The lowest BCUT2D eigenvalue weighted by molar-refractivity contribution is -1.02. The van der Waals surface area contributed by atoms with Crippen molar-refractivity contribution in [3.63, 3.8) is 0 Å². The van der Waals surface area contributed by atoms with Crippen LogP contribution in [0.5, 0.6) is 0 Å². The lowest BCUT2D eigenvalue weighted by Crippen LogP contribution is -3.27. The third-order valence-corrected chi connectivity index (χ3v) is 5.84. The molecule has 1 amide bonds. The molecule has 0 radical (unpaired) electrons. The first kappa shape index (κ1) is 19.8. The largest absolute Gasteiger partial charge is 0.325 e. The van der Waals surface area contributed by atoms with Gasteiger partial charge < -0.3 is 9.80 Å². The number of rotatable bonds is 9. The van der Waals surface area contributed by atoms with Gasteiger partial charge in [0.15, 0.2) is 0 Å². The standard InChI is InChI=1S/C17H28N4O3S/c1-2-14-25(23,24)19-18-17(22)8-9-20-10-12-21(13-11-20)15-16-6-4-3-5-7-16/h3-7,19H,2,8-15H2,1H3,(H,18,22)/p+2. The molecule has 4 N–H and O–H groups in total. The van der Waals surface area contributed by atoms with Gasteiger partial charge in [0, 0.05) is 5.56 Å². The maximum atomic E-state index is 11.8. The molecule has 0 bridgehead atoms. The number of hydrazine groups is 1. The summed E-state index contributed by atoms with van der Waals surface area (Å²) in [5.41, 5.74) is 3.65. The van der Waals surface area contributed by atoms with E-state index in [1.165, 1.54) is 10.5 Å². The number of benzene rings is 1. The molecule has 0 aliphatic carbocycles. The van der Waals surface area contributed by atoms with Crippen LogP contribution >= 0.6 is 0 Å². The zero-order chi connectivity index (χ0) is 18.1. The van der Waals surface area contributed by atoms with Crippen molar-refractivity contribution in [2.24, 2.45) is 0 Å². The number of amides is 1. The van der Waals surface area contributed by atoms with Crippen LogP contribution in [0.15, 0.2) is 30.3 Å². The fourth-order valence-electron chi connectivity index (χ4n) is 3.08. The maximum Gasteiger partial charge on any atom is 0.240 e. The van der Waals surface area contributed by atoms with Gasteiger partial charge in [0.2, 0.25) is 15.9 Å².